The second-order valence-electron chi connectivity index (χ2n) is 7.25. The Morgan fingerprint density at radius 2 is 1.96 bits per heavy atom. The molecular weight excluding hydrogens is 368 g/mol. The minimum absolute atomic E-state index is 0.0258. The van der Waals surface area contributed by atoms with E-state index in [1.165, 1.54) is 11.1 Å². The van der Waals surface area contributed by atoms with Crippen LogP contribution in [0.3, 0.4) is 0 Å². The van der Waals surface area contributed by atoms with E-state index in [1.54, 1.807) is 0 Å². The van der Waals surface area contributed by atoms with Crippen LogP contribution in [0.15, 0.2) is 48.5 Å². The fraction of sp³-hybridized carbons (Fsp3) is 0.435. The number of hydrogen-bond donors (Lipinski definition) is 1. The zero-order valence-corrected chi connectivity index (χ0v) is 17.6. The molecule has 28 heavy (non-hydrogen) atoms. The van der Waals surface area contributed by atoms with E-state index < -0.39 is 0 Å². The van der Waals surface area contributed by atoms with Crippen LogP contribution in [0.1, 0.15) is 40.9 Å². The lowest BCUT2D eigenvalue weighted by Gasteiger charge is -2.31. The summed E-state index contributed by atoms with van der Waals surface area (Å²) in [5.41, 5.74) is 4.37. The molecule has 0 spiro atoms. The molecule has 1 aliphatic rings. The molecule has 1 unspecified atom stereocenters. The molecule has 1 saturated heterocycles. The summed E-state index contributed by atoms with van der Waals surface area (Å²) in [4.78, 5) is 14.9. The quantitative estimate of drug-likeness (QED) is 0.727. The fourth-order valence-electron chi connectivity index (χ4n) is 3.39. The topological polar surface area (TPSA) is 41.6 Å². The van der Waals surface area contributed by atoms with Gasteiger partial charge in [-0.1, -0.05) is 43.3 Å². The highest BCUT2D eigenvalue weighted by Gasteiger charge is 2.16. The van der Waals surface area contributed by atoms with Crippen molar-refractivity contribution in [2.75, 3.05) is 25.4 Å². The lowest BCUT2D eigenvalue weighted by molar-refractivity contribution is -0.0212. The Labute approximate surface area is 172 Å². The predicted molar refractivity (Wildman–Crippen MR) is 117 cm³/mol. The molecule has 1 N–H and O–H groups in total. The maximum atomic E-state index is 12.4. The zero-order valence-electron chi connectivity index (χ0n) is 16.8. The van der Waals surface area contributed by atoms with Crippen molar-refractivity contribution < 1.29 is 9.53 Å². The van der Waals surface area contributed by atoms with E-state index in [0.717, 1.165) is 43.3 Å². The number of hydrogen-bond acceptors (Lipinski definition) is 4. The van der Waals surface area contributed by atoms with Crippen LogP contribution in [0.5, 0.6) is 0 Å². The summed E-state index contributed by atoms with van der Waals surface area (Å²) in [6.07, 6.45) is 0.295. The molecule has 1 aliphatic heterocycles. The number of thioether (sulfide) groups is 1. The SMILES string of the molecule is CCSCc1ccc(C(=O)NCc2cccc(CN3CCOC(C)C3)c2)cc1. The first-order valence-electron chi connectivity index (χ1n) is 10.0. The number of rotatable bonds is 8. The number of nitrogens with zero attached hydrogens (tertiary/aromatic N) is 1. The Balaban J connectivity index is 1.52. The summed E-state index contributed by atoms with van der Waals surface area (Å²) in [5.74, 6) is 2.07. The van der Waals surface area contributed by atoms with E-state index in [0.29, 0.717) is 18.2 Å². The van der Waals surface area contributed by atoms with E-state index >= 15 is 0 Å². The van der Waals surface area contributed by atoms with Crippen molar-refractivity contribution in [1.29, 1.82) is 0 Å². The van der Waals surface area contributed by atoms with Crippen LogP contribution in [0, 0.1) is 0 Å². The van der Waals surface area contributed by atoms with Crippen LogP contribution in [0.4, 0.5) is 0 Å². The summed E-state index contributed by atoms with van der Waals surface area (Å²) in [6.45, 7) is 8.47. The highest BCUT2D eigenvalue weighted by atomic mass is 32.2. The average Bonchev–Trinajstić information content (AvgIpc) is 2.71. The molecule has 1 atom stereocenters. The van der Waals surface area contributed by atoms with Gasteiger partial charge in [-0.3, -0.25) is 9.69 Å². The molecule has 150 valence electrons. The van der Waals surface area contributed by atoms with E-state index in [-0.39, 0.29) is 5.91 Å². The molecule has 0 radical (unpaired) electrons. The molecule has 1 fully saturated rings. The third kappa shape index (κ3) is 6.36. The summed E-state index contributed by atoms with van der Waals surface area (Å²) >= 11 is 1.89. The zero-order chi connectivity index (χ0) is 19.8. The maximum absolute atomic E-state index is 12.4. The van der Waals surface area contributed by atoms with Crippen molar-refractivity contribution in [3.8, 4) is 0 Å². The van der Waals surface area contributed by atoms with Crippen molar-refractivity contribution >= 4 is 17.7 Å². The second-order valence-corrected chi connectivity index (χ2v) is 8.53. The third-order valence-electron chi connectivity index (χ3n) is 4.86. The molecule has 1 amide bonds. The summed E-state index contributed by atoms with van der Waals surface area (Å²) in [7, 11) is 0. The molecule has 0 bridgehead atoms. The van der Waals surface area contributed by atoms with Gasteiger partial charge in [-0.15, -0.1) is 0 Å². The molecule has 2 aromatic carbocycles. The van der Waals surface area contributed by atoms with Gasteiger partial charge in [0.25, 0.3) is 5.91 Å². The Hall–Kier alpha value is -1.82. The van der Waals surface area contributed by atoms with Gasteiger partial charge in [0.05, 0.1) is 12.7 Å². The van der Waals surface area contributed by atoms with E-state index in [2.05, 4.69) is 48.3 Å². The lowest BCUT2D eigenvalue weighted by Crippen LogP contribution is -2.40. The number of carbonyl (C=O) groups is 1. The van der Waals surface area contributed by atoms with Crippen LogP contribution in [0.25, 0.3) is 0 Å². The number of benzene rings is 2. The first kappa shape index (κ1) is 20.9. The Kier molecular flexibility index (Phi) is 7.95. The Bertz CT molecular complexity index is 763. The van der Waals surface area contributed by atoms with Gasteiger partial charge in [-0.25, -0.2) is 0 Å². The molecular formula is C23H30N2O2S. The van der Waals surface area contributed by atoms with E-state index in [1.807, 2.05) is 36.0 Å². The average molecular weight is 399 g/mol. The van der Waals surface area contributed by atoms with Crippen LogP contribution in [-0.4, -0.2) is 42.4 Å². The largest absolute Gasteiger partial charge is 0.376 e. The predicted octanol–water partition coefficient (Wildman–Crippen LogP) is 4.09. The third-order valence-corrected chi connectivity index (χ3v) is 5.81. The molecule has 3 rings (SSSR count). The van der Waals surface area contributed by atoms with Crippen molar-refractivity contribution in [1.82, 2.24) is 10.2 Å². The smallest absolute Gasteiger partial charge is 0.251 e. The molecule has 4 nitrogen and oxygen atoms in total. The number of carbonyl (C=O) groups excluding carboxylic acids is 1. The van der Waals surface area contributed by atoms with Crippen molar-refractivity contribution in [2.24, 2.45) is 0 Å². The van der Waals surface area contributed by atoms with Crippen LogP contribution in [-0.2, 0) is 23.6 Å². The highest BCUT2D eigenvalue weighted by Crippen LogP contribution is 2.14. The van der Waals surface area contributed by atoms with E-state index in [4.69, 9.17) is 4.74 Å². The standard InChI is InChI=1S/C23H30N2O2S/c1-3-28-17-19-7-9-22(10-8-19)23(26)24-14-20-5-4-6-21(13-20)16-25-11-12-27-18(2)15-25/h4-10,13,18H,3,11-12,14-17H2,1-2H3,(H,24,26). The number of ether oxygens (including phenoxy) is 1. The van der Waals surface area contributed by atoms with Gasteiger partial charge in [0.15, 0.2) is 0 Å². The van der Waals surface area contributed by atoms with Crippen LogP contribution in [0.2, 0.25) is 0 Å². The number of amides is 1. The Morgan fingerprint density at radius 3 is 2.71 bits per heavy atom. The van der Waals surface area contributed by atoms with Gasteiger partial charge in [0, 0.05) is 37.5 Å². The minimum Gasteiger partial charge on any atom is -0.376 e. The lowest BCUT2D eigenvalue weighted by atomic mass is 10.1. The van der Waals surface area contributed by atoms with Gasteiger partial charge in [0.2, 0.25) is 0 Å². The molecule has 0 aromatic heterocycles. The summed E-state index contributed by atoms with van der Waals surface area (Å²) < 4.78 is 5.61. The number of nitrogens with one attached hydrogen (secondary N) is 1. The molecule has 0 aliphatic carbocycles. The van der Waals surface area contributed by atoms with E-state index in [9.17, 15) is 4.79 Å². The first-order valence-corrected chi connectivity index (χ1v) is 11.2. The van der Waals surface area contributed by atoms with Gasteiger partial charge in [-0.2, -0.15) is 11.8 Å². The highest BCUT2D eigenvalue weighted by molar-refractivity contribution is 7.98. The van der Waals surface area contributed by atoms with Gasteiger partial charge >= 0.3 is 0 Å². The van der Waals surface area contributed by atoms with Gasteiger partial charge in [-0.05, 0) is 41.5 Å². The fourth-order valence-corrected chi connectivity index (χ4v) is 4.02. The van der Waals surface area contributed by atoms with Gasteiger partial charge < -0.3 is 10.1 Å². The monoisotopic (exact) mass is 398 g/mol. The van der Waals surface area contributed by atoms with Gasteiger partial charge in [0.1, 0.15) is 0 Å². The summed E-state index contributed by atoms with van der Waals surface area (Å²) in [6, 6.07) is 16.4. The number of morpholine rings is 1. The second kappa shape index (κ2) is 10.6. The van der Waals surface area contributed by atoms with Crippen molar-refractivity contribution in [3.05, 3.63) is 70.8 Å². The van der Waals surface area contributed by atoms with Crippen LogP contribution >= 0.6 is 11.8 Å². The Morgan fingerprint density at radius 1 is 1.18 bits per heavy atom. The van der Waals surface area contributed by atoms with Crippen molar-refractivity contribution in [2.45, 2.75) is 38.8 Å². The normalized spacial score (nSPS) is 17.4. The molecule has 2 aromatic rings. The molecule has 5 heteroatoms. The molecule has 0 saturated carbocycles. The summed E-state index contributed by atoms with van der Waals surface area (Å²) in [5, 5.41) is 3.04. The minimum atomic E-state index is -0.0258. The van der Waals surface area contributed by atoms with Crippen molar-refractivity contribution in [3.63, 3.8) is 0 Å². The first-order chi connectivity index (χ1) is 13.6. The molecule has 1 heterocycles. The van der Waals surface area contributed by atoms with Crippen LogP contribution < -0.4 is 5.32 Å². The maximum Gasteiger partial charge on any atom is 0.251 e.